The molecule has 0 spiro atoms. The molecule has 0 bridgehead atoms. The average Bonchev–Trinajstić information content (AvgIpc) is 2.35. The van der Waals surface area contributed by atoms with Crippen LogP contribution < -0.4 is 5.32 Å². The Morgan fingerprint density at radius 1 is 1.25 bits per heavy atom. The van der Waals surface area contributed by atoms with Crippen molar-refractivity contribution in [1.82, 2.24) is 10.2 Å². The molecule has 0 fully saturated rings. The summed E-state index contributed by atoms with van der Waals surface area (Å²) in [6, 6.07) is -1.45. The summed E-state index contributed by atoms with van der Waals surface area (Å²) in [5.74, 6) is -1.80. The Hall–Kier alpha value is -1.79. The van der Waals surface area contributed by atoms with Gasteiger partial charge in [0.05, 0.1) is 13.0 Å². The van der Waals surface area contributed by atoms with E-state index in [1.54, 1.807) is 6.92 Å². The number of nitrogens with zero attached hydrogens (tertiary/aromatic N) is 1. The highest BCUT2D eigenvalue weighted by molar-refractivity contribution is 5.82. The molecule has 0 aliphatic carbocycles. The van der Waals surface area contributed by atoms with Gasteiger partial charge in [-0.1, -0.05) is 20.8 Å². The molecule has 0 aliphatic rings. The van der Waals surface area contributed by atoms with Crippen molar-refractivity contribution in [2.24, 2.45) is 11.8 Å². The lowest BCUT2D eigenvalue weighted by atomic mass is 10.0. The Morgan fingerprint density at radius 2 is 1.80 bits per heavy atom. The van der Waals surface area contributed by atoms with Crippen molar-refractivity contribution >= 4 is 18.0 Å². The van der Waals surface area contributed by atoms with Gasteiger partial charge < -0.3 is 20.1 Å². The highest BCUT2D eigenvalue weighted by Gasteiger charge is 2.24. The number of nitrogens with one attached hydrogen (secondary N) is 1. The predicted molar refractivity (Wildman–Crippen MR) is 73.2 cm³/mol. The van der Waals surface area contributed by atoms with Gasteiger partial charge in [-0.2, -0.15) is 0 Å². The second-order valence-corrected chi connectivity index (χ2v) is 5.27. The van der Waals surface area contributed by atoms with Gasteiger partial charge in [0, 0.05) is 13.6 Å². The number of esters is 1. The molecular weight excluding hydrogens is 264 g/mol. The molecule has 2 atom stereocenters. The lowest BCUT2D eigenvalue weighted by molar-refractivity contribution is -0.145. The zero-order valence-electron chi connectivity index (χ0n) is 12.7. The summed E-state index contributed by atoms with van der Waals surface area (Å²) >= 11 is 0. The summed E-state index contributed by atoms with van der Waals surface area (Å²) in [6.07, 6.45) is 0.349. The minimum Gasteiger partial charge on any atom is -0.480 e. The largest absolute Gasteiger partial charge is 0.480 e. The maximum atomic E-state index is 11.9. The van der Waals surface area contributed by atoms with Crippen molar-refractivity contribution < 1.29 is 24.2 Å². The van der Waals surface area contributed by atoms with E-state index in [1.807, 2.05) is 13.8 Å². The molecule has 1 unspecified atom stereocenters. The highest BCUT2D eigenvalue weighted by atomic mass is 16.5. The number of carbonyl (C=O) groups is 3. The van der Waals surface area contributed by atoms with Crippen molar-refractivity contribution in [1.29, 1.82) is 0 Å². The van der Waals surface area contributed by atoms with Crippen LogP contribution in [0.3, 0.4) is 0 Å². The van der Waals surface area contributed by atoms with E-state index in [2.05, 4.69) is 10.1 Å². The normalized spacial score (nSPS) is 13.5. The monoisotopic (exact) mass is 288 g/mol. The number of urea groups is 1. The summed E-state index contributed by atoms with van der Waals surface area (Å²) in [4.78, 5) is 35.5. The van der Waals surface area contributed by atoms with Gasteiger partial charge >= 0.3 is 18.0 Å². The molecule has 2 amide bonds. The number of carbonyl (C=O) groups excluding carboxylic acids is 2. The van der Waals surface area contributed by atoms with Crippen LogP contribution in [0.4, 0.5) is 4.79 Å². The van der Waals surface area contributed by atoms with Crippen LogP contribution >= 0.6 is 0 Å². The molecule has 2 N–H and O–H groups in total. The van der Waals surface area contributed by atoms with Crippen LogP contribution in [0.5, 0.6) is 0 Å². The second kappa shape index (κ2) is 8.39. The number of hydrogen-bond acceptors (Lipinski definition) is 4. The molecule has 7 nitrogen and oxygen atoms in total. The summed E-state index contributed by atoms with van der Waals surface area (Å²) in [7, 11) is 2.78. The number of carboxylic acid groups (broad SMARTS) is 1. The first-order valence-corrected chi connectivity index (χ1v) is 6.51. The number of methoxy groups -OCH3 is 1. The van der Waals surface area contributed by atoms with Gasteiger partial charge in [-0.05, 0) is 12.3 Å². The number of amides is 2. The fourth-order valence-corrected chi connectivity index (χ4v) is 1.72. The molecular formula is C13H24N2O5. The SMILES string of the molecule is COC(=O)C(C)CN(C)C(=O)N[C@@H](CC(C)C)C(=O)O. The molecule has 0 aromatic carbocycles. The summed E-state index contributed by atoms with van der Waals surface area (Å²) in [5.41, 5.74) is 0. The quantitative estimate of drug-likeness (QED) is 0.680. The first kappa shape index (κ1) is 18.2. The fourth-order valence-electron chi connectivity index (χ4n) is 1.72. The Balaban J connectivity index is 4.49. The average molecular weight is 288 g/mol. The van der Waals surface area contributed by atoms with Crippen LogP contribution in [-0.4, -0.2) is 54.7 Å². The topological polar surface area (TPSA) is 95.9 Å². The molecule has 0 heterocycles. The molecule has 0 aromatic rings. The third-order valence-corrected chi connectivity index (χ3v) is 2.80. The minimum absolute atomic E-state index is 0.149. The molecule has 7 heteroatoms. The standard InChI is InChI=1S/C13H24N2O5/c1-8(2)6-10(11(16)17)14-13(19)15(4)7-9(3)12(18)20-5/h8-10H,6-7H2,1-5H3,(H,14,19)(H,16,17)/t9?,10-/m0/s1. The van der Waals surface area contributed by atoms with Gasteiger partial charge in [-0.25, -0.2) is 9.59 Å². The van der Waals surface area contributed by atoms with E-state index in [1.165, 1.54) is 19.1 Å². The lowest BCUT2D eigenvalue weighted by Crippen LogP contribution is -2.48. The second-order valence-electron chi connectivity index (χ2n) is 5.27. The van der Waals surface area contributed by atoms with Gasteiger partial charge in [-0.3, -0.25) is 4.79 Å². The van der Waals surface area contributed by atoms with Gasteiger partial charge in [0.1, 0.15) is 6.04 Å². The molecule has 0 saturated heterocycles. The van der Waals surface area contributed by atoms with Crippen LogP contribution in [0.15, 0.2) is 0 Å². The van der Waals surface area contributed by atoms with E-state index in [0.717, 1.165) is 0 Å². The van der Waals surface area contributed by atoms with Crippen LogP contribution in [-0.2, 0) is 14.3 Å². The Kier molecular flexibility index (Phi) is 7.64. The maximum absolute atomic E-state index is 11.9. The third kappa shape index (κ3) is 6.40. The smallest absolute Gasteiger partial charge is 0.326 e. The van der Waals surface area contributed by atoms with Crippen molar-refractivity contribution in [2.75, 3.05) is 20.7 Å². The zero-order chi connectivity index (χ0) is 15.9. The highest BCUT2D eigenvalue weighted by Crippen LogP contribution is 2.06. The fraction of sp³-hybridized carbons (Fsp3) is 0.769. The number of hydrogen-bond donors (Lipinski definition) is 2. The first-order valence-electron chi connectivity index (χ1n) is 6.51. The van der Waals surface area contributed by atoms with E-state index < -0.39 is 29.9 Å². The van der Waals surface area contributed by atoms with E-state index in [0.29, 0.717) is 6.42 Å². The van der Waals surface area contributed by atoms with Crippen LogP contribution in [0, 0.1) is 11.8 Å². The van der Waals surface area contributed by atoms with E-state index >= 15 is 0 Å². The molecule has 0 aromatic heterocycles. The maximum Gasteiger partial charge on any atom is 0.326 e. The number of ether oxygens (including phenoxy) is 1. The molecule has 0 saturated carbocycles. The lowest BCUT2D eigenvalue weighted by Gasteiger charge is -2.24. The third-order valence-electron chi connectivity index (χ3n) is 2.80. The molecule has 116 valence electrons. The van der Waals surface area contributed by atoms with Gasteiger partial charge in [0.2, 0.25) is 0 Å². The van der Waals surface area contributed by atoms with E-state index in [4.69, 9.17) is 5.11 Å². The molecule has 20 heavy (non-hydrogen) atoms. The van der Waals surface area contributed by atoms with Crippen molar-refractivity contribution in [3.63, 3.8) is 0 Å². The van der Waals surface area contributed by atoms with Gasteiger partial charge in [0.25, 0.3) is 0 Å². The predicted octanol–water partition coefficient (Wildman–Crippen LogP) is 0.936. The van der Waals surface area contributed by atoms with E-state index in [-0.39, 0.29) is 12.5 Å². The summed E-state index contributed by atoms with van der Waals surface area (Å²) < 4.78 is 4.57. The summed E-state index contributed by atoms with van der Waals surface area (Å²) in [6.45, 7) is 5.56. The van der Waals surface area contributed by atoms with Crippen LogP contribution in [0.25, 0.3) is 0 Å². The van der Waals surface area contributed by atoms with Gasteiger partial charge in [0.15, 0.2) is 0 Å². The molecule has 0 rings (SSSR count). The molecule has 0 radical (unpaired) electrons. The Labute approximate surface area is 119 Å². The Morgan fingerprint density at radius 3 is 2.20 bits per heavy atom. The van der Waals surface area contributed by atoms with Gasteiger partial charge in [-0.15, -0.1) is 0 Å². The minimum atomic E-state index is -1.07. The zero-order valence-corrected chi connectivity index (χ0v) is 12.7. The van der Waals surface area contributed by atoms with Crippen molar-refractivity contribution in [3.05, 3.63) is 0 Å². The first-order chi connectivity index (χ1) is 9.18. The van der Waals surface area contributed by atoms with Crippen LogP contribution in [0.1, 0.15) is 27.2 Å². The van der Waals surface area contributed by atoms with E-state index in [9.17, 15) is 14.4 Å². The number of rotatable bonds is 7. The number of carboxylic acids is 1. The Bertz CT molecular complexity index is 357. The van der Waals surface area contributed by atoms with Crippen LogP contribution in [0.2, 0.25) is 0 Å². The summed E-state index contributed by atoms with van der Waals surface area (Å²) in [5, 5.41) is 11.5. The van der Waals surface area contributed by atoms with Crippen molar-refractivity contribution in [3.8, 4) is 0 Å². The van der Waals surface area contributed by atoms with Crippen molar-refractivity contribution in [2.45, 2.75) is 33.2 Å². The molecule has 0 aliphatic heterocycles. The number of aliphatic carboxylic acids is 1.